The molecular formula is C11H20N2O5. The Labute approximate surface area is 106 Å². The van der Waals surface area contributed by atoms with E-state index < -0.39 is 18.0 Å². The third kappa shape index (κ3) is 6.41. The van der Waals surface area contributed by atoms with Gasteiger partial charge in [0.05, 0.1) is 6.61 Å². The number of rotatable bonds is 9. The van der Waals surface area contributed by atoms with Crippen molar-refractivity contribution in [2.75, 3.05) is 26.4 Å². The van der Waals surface area contributed by atoms with E-state index in [2.05, 4.69) is 10.6 Å². The molecule has 1 aliphatic carbocycles. The zero-order valence-electron chi connectivity index (χ0n) is 10.2. The van der Waals surface area contributed by atoms with Crippen molar-refractivity contribution >= 4 is 12.0 Å². The Morgan fingerprint density at radius 3 is 2.67 bits per heavy atom. The van der Waals surface area contributed by atoms with Gasteiger partial charge in [0.15, 0.2) is 0 Å². The molecule has 1 saturated carbocycles. The molecule has 2 amide bonds. The number of aliphatic hydroxyl groups excluding tert-OH is 1. The number of carboxylic acids is 1. The molecule has 104 valence electrons. The van der Waals surface area contributed by atoms with Crippen LogP contribution in [0.3, 0.4) is 0 Å². The first kappa shape index (κ1) is 14.7. The molecule has 4 N–H and O–H groups in total. The van der Waals surface area contributed by atoms with E-state index in [0.717, 1.165) is 6.61 Å². The lowest BCUT2D eigenvalue weighted by Crippen LogP contribution is -2.47. The molecule has 7 heteroatoms. The lowest BCUT2D eigenvalue weighted by atomic mass is 10.2. The molecule has 0 heterocycles. The van der Waals surface area contributed by atoms with Crippen molar-refractivity contribution in [1.82, 2.24) is 10.6 Å². The van der Waals surface area contributed by atoms with Crippen LogP contribution in [0, 0.1) is 5.92 Å². The fourth-order valence-corrected chi connectivity index (χ4v) is 1.37. The minimum Gasteiger partial charge on any atom is -0.480 e. The van der Waals surface area contributed by atoms with E-state index >= 15 is 0 Å². The molecule has 1 rings (SSSR count). The minimum absolute atomic E-state index is 0.0130. The van der Waals surface area contributed by atoms with Crippen LogP contribution in [0.25, 0.3) is 0 Å². The van der Waals surface area contributed by atoms with Gasteiger partial charge in [0.1, 0.15) is 6.04 Å². The van der Waals surface area contributed by atoms with Crippen molar-refractivity contribution < 1.29 is 24.5 Å². The summed E-state index contributed by atoms with van der Waals surface area (Å²) in [6, 6.07) is -1.63. The van der Waals surface area contributed by atoms with E-state index in [1.54, 1.807) is 0 Å². The summed E-state index contributed by atoms with van der Waals surface area (Å²) in [5, 5.41) is 22.2. The second-order valence-corrected chi connectivity index (χ2v) is 4.32. The van der Waals surface area contributed by atoms with Crippen molar-refractivity contribution in [2.45, 2.75) is 25.3 Å². The van der Waals surface area contributed by atoms with E-state index in [1.807, 2.05) is 0 Å². The number of carbonyl (C=O) groups is 2. The molecule has 0 saturated heterocycles. The van der Waals surface area contributed by atoms with Crippen molar-refractivity contribution in [3.05, 3.63) is 0 Å². The highest BCUT2D eigenvalue weighted by Crippen LogP contribution is 2.28. The molecule has 0 aromatic rings. The Balaban J connectivity index is 2.04. The van der Waals surface area contributed by atoms with Crippen LogP contribution in [0.4, 0.5) is 4.79 Å². The molecule has 0 bridgehead atoms. The second-order valence-electron chi connectivity index (χ2n) is 4.32. The number of aliphatic carboxylic acids is 1. The smallest absolute Gasteiger partial charge is 0.326 e. The average molecular weight is 260 g/mol. The first-order valence-electron chi connectivity index (χ1n) is 6.09. The number of carboxylic acid groups (broad SMARTS) is 1. The van der Waals surface area contributed by atoms with Gasteiger partial charge in [-0.2, -0.15) is 0 Å². The van der Waals surface area contributed by atoms with E-state index in [-0.39, 0.29) is 13.0 Å². The summed E-state index contributed by atoms with van der Waals surface area (Å²) in [5.41, 5.74) is 0. The first-order valence-corrected chi connectivity index (χ1v) is 6.09. The maximum absolute atomic E-state index is 11.3. The van der Waals surface area contributed by atoms with E-state index in [9.17, 15) is 9.59 Å². The molecule has 0 aromatic heterocycles. The van der Waals surface area contributed by atoms with E-state index in [0.29, 0.717) is 19.1 Å². The van der Waals surface area contributed by atoms with Crippen LogP contribution >= 0.6 is 0 Å². The van der Waals surface area contributed by atoms with Crippen molar-refractivity contribution in [3.8, 4) is 0 Å². The summed E-state index contributed by atoms with van der Waals surface area (Å²) < 4.78 is 5.31. The van der Waals surface area contributed by atoms with Gasteiger partial charge in [-0.25, -0.2) is 9.59 Å². The highest BCUT2D eigenvalue weighted by molar-refractivity contribution is 5.82. The second kappa shape index (κ2) is 7.88. The van der Waals surface area contributed by atoms with Crippen LogP contribution in [-0.4, -0.2) is 54.6 Å². The Kier molecular flexibility index (Phi) is 6.45. The number of aliphatic hydroxyl groups is 1. The first-order chi connectivity index (χ1) is 8.63. The number of urea groups is 1. The van der Waals surface area contributed by atoms with Gasteiger partial charge in [-0.3, -0.25) is 0 Å². The fourth-order valence-electron chi connectivity index (χ4n) is 1.37. The van der Waals surface area contributed by atoms with Crippen LogP contribution in [0.2, 0.25) is 0 Å². The van der Waals surface area contributed by atoms with Crippen molar-refractivity contribution in [1.29, 1.82) is 0 Å². The SMILES string of the molecule is O=C(NCCOCC1CC1)N[C@H](CCO)C(=O)O. The molecule has 0 aliphatic heterocycles. The Bertz CT molecular complexity index is 281. The predicted octanol–water partition coefficient (Wildman–Crippen LogP) is -0.452. The third-order valence-electron chi connectivity index (χ3n) is 2.60. The highest BCUT2D eigenvalue weighted by Gasteiger charge is 2.21. The zero-order chi connectivity index (χ0) is 13.4. The minimum atomic E-state index is -1.16. The zero-order valence-corrected chi connectivity index (χ0v) is 10.2. The van der Waals surface area contributed by atoms with Crippen LogP contribution in [0.5, 0.6) is 0 Å². The molecule has 7 nitrogen and oxygen atoms in total. The fraction of sp³-hybridized carbons (Fsp3) is 0.818. The van der Waals surface area contributed by atoms with Crippen LogP contribution < -0.4 is 10.6 Å². The van der Waals surface area contributed by atoms with Crippen molar-refractivity contribution in [3.63, 3.8) is 0 Å². The molecule has 1 atom stereocenters. The van der Waals surface area contributed by atoms with Gasteiger partial charge in [-0.1, -0.05) is 0 Å². The van der Waals surface area contributed by atoms with Gasteiger partial charge >= 0.3 is 12.0 Å². The van der Waals surface area contributed by atoms with Crippen molar-refractivity contribution in [2.24, 2.45) is 5.92 Å². The normalized spacial score (nSPS) is 16.1. The molecule has 1 aliphatic rings. The van der Waals surface area contributed by atoms with Crippen LogP contribution in [-0.2, 0) is 9.53 Å². The Morgan fingerprint density at radius 1 is 1.39 bits per heavy atom. The highest BCUT2D eigenvalue weighted by atomic mass is 16.5. The molecule has 18 heavy (non-hydrogen) atoms. The lowest BCUT2D eigenvalue weighted by Gasteiger charge is -2.13. The van der Waals surface area contributed by atoms with E-state index in [4.69, 9.17) is 14.9 Å². The van der Waals surface area contributed by atoms with Gasteiger partial charge < -0.3 is 25.6 Å². The number of hydrogen-bond acceptors (Lipinski definition) is 4. The average Bonchev–Trinajstić information content (AvgIpc) is 3.12. The van der Waals surface area contributed by atoms with Gasteiger partial charge in [-0.05, 0) is 18.8 Å². The van der Waals surface area contributed by atoms with Gasteiger partial charge in [0.2, 0.25) is 0 Å². The van der Waals surface area contributed by atoms with Gasteiger partial charge in [0.25, 0.3) is 0 Å². The molecule has 0 aromatic carbocycles. The number of ether oxygens (including phenoxy) is 1. The monoisotopic (exact) mass is 260 g/mol. The summed E-state index contributed by atoms with van der Waals surface area (Å²) in [7, 11) is 0. The predicted molar refractivity (Wildman–Crippen MR) is 63.2 cm³/mol. The number of nitrogens with one attached hydrogen (secondary N) is 2. The van der Waals surface area contributed by atoms with Gasteiger partial charge in [0, 0.05) is 26.2 Å². The summed E-state index contributed by atoms with van der Waals surface area (Å²) in [6.07, 6.45) is 2.42. The molecular weight excluding hydrogens is 240 g/mol. The standard InChI is InChI=1S/C11H20N2O5/c14-5-3-9(10(15)16)13-11(17)12-4-6-18-7-8-1-2-8/h8-9,14H,1-7H2,(H,15,16)(H2,12,13,17)/t9-/m1/s1. The van der Waals surface area contributed by atoms with Crippen LogP contribution in [0.1, 0.15) is 19.3 Å². The Morgan fingerprint density at radius 2 is 2.11 bits per heavy atom. The number of amides is 2. The molecule has 0 spiro atoms. The summed E-state index contributed by atoms with van der Waals surface area (Å²) >= 11 is 0. The molecule has 0 unspecified atom stereocenters. The van der Waals surface area contributed by atoms with Crippen LogP contribution in [0.15, 0.2) is 0 Å². The maximum Gasteiger partial charge on any atom is 0.326 e. The summed E-state index contributed by atoms with van der Waals surface area (Å²) in [5.74, 6) is -0.482. The third-order valence-corrected chi connectivity index (χ3v) is 2.60. The Hall–Kier alpha value is -1.34. The number of hydrogen-bond donors (Lipinski definition) is 4. The van der Waals surface area contributed by atoms with Gasteiger partial charge in [-0.15, -0.1) is 0 Å². The maximum atomic E-state index is 11.3. The quantitative estimate of drug-likeness (QED) is 0.420. The summed E-state index contributed by atoms with van der Waals surface area (Å²) in [4.78, 5) is 22.0. The molecule has 0 radical (unpaired) electrons. The number of carbonyl (C=O) groups excluding carboxylic acids is 1. The largest absolute Gasteiger partial charge is 0.480 e. The molecule has 1 fully saturated rings. The van der Waals surface area contributed by atoms with E-state index in [1.165, 1.54) is 12.8 Å². The summed E-state index contributed by atoms with van der Waals surface area (Å²) in [6.45, 7) is 1.19. The lowest BCUT2D eigenvalue weighted by molar-refractivity contribution is -0.139. The topological polar surface area (TPSA) is 108 Å².